The van der Waals surface area contributed by atoms with Crippen molar-refractivity contribution in [3.05, 3.63) is 107 Å². The highest BCUT2D eigenvalue weighted by molar-refractivity contribution is 5.90. The van der Waals surface area contributed by atoms with Crippen LogP contribution in [0.2, 0.25) is 0 Å². The molecule has 0 heterocycles. The van der Waals surface area contributed by atoms with Gasteiger partial charge in [0, 0.05) is 17.3 Å². The van der Waals surface area contributed by atoms with E-state index < -0.39 is 17.1 Å². The molecule has 268 valence electrons. The Kier molecular flexibility index (Phi) is 13.1. The van der Waals surface area contributed by atoms with Crippen LogP contribution < -0.4 is 0 Å². The van der Waals surface area contributed by atoms with Crippen LogP contribution in [-0.2, 0) is 26.3 Å². The Morgan fingerprint density at radius 2 is 1.27 bits per heavy atom. The Balaban J connectivity index is 2.02. The minimum atomic E-state index is -1.09. The maximum absolute atomic E-state index is 13.5. The van der Waals surface area contributed by atoms with Gasteiger partial charge in [0.1, 0.15) is 17.5 Å². The molecule has 3 rings (SSSR count). The fraction of sp³-hybridized carbons (Fsp3) is 0.556. The average Bonchev–Trinajstić information content (AvgIpc) is 3.04. The van der Waals surface area contributed by atoms with Crippen molar-refractivity contribution in [1.82, 2.24) is 0 Å². The minimum Gasteiger partial charge on any atom is -0.385 e. The highest BCUT2D eigenvalue weighted by atomic mass is 16.5. The van der Waals surface area contributed by atoms with E-state index in [9.17, 15) is 14.7 Å². The van der Waals surface area contributed by atoms with Crippen molar-refractivity contribution in [1.29, 1.82) is 0 Å². The van der Waals surface area contributed by atoms with E-state index in [-0.39, 0.29) is 46.9 Å². The largest absolute Gasteiger partial charge is 0.385 e. The van der Waals surface area contributed by atoms with Gasteiger partial charge >= 0.3 is 0 Å². The number of rotatable bonds is 16. The fourth-order valence-electron chi connectivity index (χ4n) is 7.31. The lowest BCUT2D eigenvalue weighted by Gasteiger charge is -2.44. The minimum absolute atomic E-state index is 0.0195. The summed E-state index contributed by atoms with van der Waals surface area (Å²) in [6.07, 6.45) is 0.616. The number of benzene rings is 3. The summed E-state index contributed by atoms with van der Waals surface area (Å²) < 4.78 is 6.07. The molecule has 0 aromatic heterocycles. The van der Waals surface area contributed by atoms with Crippen molar-refractivity contribution in [2.24, 2.45) is 22.7 Å². The van der Waals surface area contributed by atoms with Gasteiger partial charge < -0.3 is 9.84 Å². The summed E-state index contributed by atoms with van der Waals surface area (Å²) in [6, 6.07) is 28.4. The molecule has 4 atom stereocenters. The first-order valence-corrected chi connectivity index (χ1v) is 18.2. The van der Waals surface area contributed by atoms with Crippen LogP contribution in [-0.4, -0.2) is 28.4 Å². The van der Waals surface area contributed by atoms with Gasteiger partial charge in [-0.05, 0) is 84.1 Å². The van der Waals surface area contributed by atoms with Gasteiger partial charge in [0.2, 0.25) is 0 Å². The summed E-state index contributed by atoms with van der Waals surface area (Å²) in [4.78, 5) is 26.1. The Labute approximate surface area is 298 Å². The molecule has 4 unspecified atom stereocenters. The maximum atomic E-state index is 13.5. The number of aliphatic hydroxyl groups is 1. The third-order valence-corrected chi connectivity index (χ3v) is 11.0. The standard InChI is InChI=1S/C45H64O4/c1-30(2)40(47)43(8,9)28-39(35-22-24-37(25-23-35)42(5,6)7)44(10,11)31(3)26-38(34-19-15-14-16-20-34)36-21-17-18-33(27-36)29-49-45(12,13)41(48)32(4)46/h14-25,27,30-32,38-39,46H,26,28-29H2,1-13H3. The first-order valence-electron chi connectivity index (χ1n) is 18.2. The smallest absolute Gasteiger partial charge is 0.192 e. The van der Waals surface area contributed by atoms with Crippen LogP contribution in [0.15, 0.2) is 78.9 Å². The summed E-state index contributed by atoms with van der Waals surface area (Å²) in [6.45, 7) is 27.4. The number of ketones is 2. The van der Waals surface area contributed by atoms with E-state index in [0.29, 0.717) is 5.78 Å². The highest BCUT2D eigenvalue weighted by Gasteiger charge is 2.42. The number of hydrogen-bond acceptors (Lipinski definition) is 4. The zero-order valence-corrected chi connectivity index (χ0v) is 32.7. The van der Waals surface area contributed by atoms with Gasteiger partial charge in [-0.25, -0.2) is 0 Å². The number of aliphatic hydroxyl groups excluding tert-OH is 1. The number of ether oxygens (including phenoxy) is 1. The van der Waals surface area contributed by atoms with E-state index in [4.69, 9.17) is 4.74 Å². The number of hydrogen-bond donors (Lipinski definition) is 1. The molecule has 0 spiro atoms. The molecule has 0 aliphatic carbocycles. The van der Waals surface area contributed by atoms with Crippen molar-refractivity contribution in [2.45, 2.75) is 138 Å². The second-order valence-corrected chi connectivity index (χ2v) is 17.5. The Bertz CT molecular complexity index is 1520. The van der Waals surface area contributed by atoms with Crippen molar-refractivity contribution in [3.63, 3.8) is 0 Å². The molecule has 0 fully saturated rings. The average molecular weight is 669 g/mol. The second-order valence-electron chi connectivity index (χ2n) is 17.5. The molecule has 0 saturated carbocycles. The summed E-state index contributed by atoms with van der Waals surface area (Å²) in [5.74, 6) is 0.553. The van der Waals surface area contributed by atoms with Crippen molar-refractivity contribution in [2.75, 3.05) is 0 Å². The predicted octanol–water partition coefficient (Wildman–Crippen LogP) is 10.8. The van der Waals surface area contributed by atoms with E-state index in [2.05, 4.69) is 128 Å². The van der Waals surface area contributed by atoms with E-state index in [0.717, 1.165) is 18.4 Å². The first-order chi connectivity index (χ1) is 22.6. The molecule has 0 saturated heterocycles. The quantitative estimate of drug-likeness (QED) is 0.165. The molecule has 3 aromatic rings. The van der Waals surface area contributed by atoms with Crippen molar-refractivity contribution in [3.8, 4) is 0 Å². The maximum Gasteiger partial charge on any atom is 0.192 e. The van der Waals surface area contributed by atoms with Crippen LogP contribution in [0.5, 0.6) is 0 Å². The summed E-state index contributed by atoms with van der Waals surface area (Å²) in [7, 11) is 0. The third kappa shape index (κ3) is 10.2. The van der Waals surface area contributed by atoms with Gasteiger partial charge in [0.05, 0.1) is 6.61 Å². The van der Waals surface area contributed by atoms with Crippen molar-refractivity contribution < 1.29 is 19.4 Å². The molecule has 0 aliphatic rings. The number of Topliss-reactive ketones (excluding diaryl/α,β-unsaturated/α-hetero) is 2. The molecular weight excluding hydrogens is 604 g/mol. The van der Waals surface area contributed by atoms with Gasteiger partial charge in [0.15, 0.2) is 5.78 Å². The summed E-state index contributed by atoms with van der Waals surface area (Å²) >= 11 is 0. The topological polar surface area (TPSA) is 63.6 Å². The lowest BCUT2D eigenvalue weighted by atomic mass is 9.59. The Morgan fingerprint density at radius 3 is 1.80 bits per heavy atom. The lowest BCUT2D eigenvalue weighted by Crippen LogP contribution is -2.41. The van der Waals surface area contributed by atoms with Crippen molar-refractivity contribution >= 4 is 11.6 Å². The number of carbonyl (C=O) groups excluding carboxylic acids is 2. The lowest BCUT2D eigenvalue weighted by molar-refractivity contribution is -0.149. The predicted molar refractivity (Wildman–Crippen MR) is 204 cm³/mol. The fourth-order valence-corrected chi connectivity index (χ4v) is 7.31. The molecule has 0 aliphatic heterocycles. The van der Waals surface area contributed by atoms with Gasteiger partial charge in [-0.1, -0.05) is 148 Å². The zero-order valence-electron chi connectivity index (χ0n) is 32.7. The molecule has 4 nitrogen and oxygen atoms in total. The summed E-state index contributed by atoms with van der Waals surface area (Å²) in [5, 5.41) is 9.87. The molecule has 4 heteroatoms. The molecule has 0 bridgehead atoms. The Morgan fingerprint density at radius 1 is 0.694 bits per heavy atom. The van der Waals surface area contributed by atoms with Crippen LogP contribution in [0.3, 0.4) is 0 Å². The van der Waals surface area contributed by atoms with Gasteiger partial charge in [0.25, 0.3) is 0 Å². The second kappa shape index (κ2) is 15.9. The van der Waals surface area contributed by atoms with E-state index >= 15 is 0 Å². The zero-order chi connectivity index (χ0) is 36.9. The van der Waals surface area contributed by atoms with Gasteiger partial charge in [-0.2, -0.15) is 0 Å². The molecule has 0 amide bonds. The molecule has 1 N–H and O–H groups in total. The first kappa shape index (κ1) is 40.4. The molecule has 0 radical (unpaired) electrons. The van der Waals surface area contributed by atoms with Gasteiger partial charge in [-0.15, -0.1) is 0 Å². The molecule has 49 heavy (non-hydrogen) atoms. The van der Waals surface area contributed by atoms with Crippen LogP contribution in [0.25, 0.3) is 0 Å². The van der Waals surface area contributed by atoms with Crippen LogP contribution in [0.1, 0.15) is 143 Å². The molecule has 3 aromatic carbocycles. The van der Waals surface area contributed by atoms with E-state index in [1.165, 1.54) is 29.2 Å². The van der Waals surface area contributed by atoms with Gasteiger partial charge in [-0.3, -0.25) is 9.59 Å². The van der Waals surface area contributed by atoms with Crippen LogP contribution >= 0.6 is 0 Å². The van der Waals surface area contributed by atoms with E-state index in [1.807, 2.05) is 19.9 Å². The highest BCUT2D eigenvalue weighted by Crippen LogP contribution is 2.51. The Hall–Kier alpha value is -3.08. The number of carbonyl (C=O) groups is 2. The monoisotopic (exact) mass is 668 g/mol. The normalized spacial score (nSPS) is 15.5. The molecular formula is C45H64O4. The summed E-state index contributed by atoms with van der Waals surface area (Å²) in [5.41, 5.74) is 4.42. The van der Waals surface area contributed by atoms with E-state index in [1.54, 1.807) is 13.8 Å². The third-order valence-electron chi connectivity index (χ3n) is 11.0. The SMILES string of the molecule is CC(C)C(=O)C(C)(C)CC(c1ccc(C(C)(C)C)cc1)C(C)(C)C(C)CC(c1ccccc1)c1cccc(COC(C)(C)C(=O)C(C)O)c1. The van der Waals surface area contributed by atoms with Crippen LogP contribution in [0.4, 0.5) is 0 Å². The van der Waals surface area contributed by atoms with Crippen LogP contribution in [0, 0.1) is 22.7 Å².